The van der Waals surface area contributed by atoms with Crippen LogP contribution in [0.15, 0.2) is 126 Å². The van der Waals surface area contributed by atoms with Crippen LogP contribution in [0, 0.1) is 5.41 Å². The van der Waals surface area contributed by atoms with Gasteiger partial charge in [-0.1, -0.05) is 36.4 Å². The Hall–Kier alpha value is -3.56. The molecule has 1 aromatic carbocycles. The molecule has 0 radical (unpaired) electrons. The fourth-order valence-corrected chi connectivity index (χ4v) is 4.53. The zero-order valence-corrected chi connectivity index (χ0v) is 25.8. The molecule has 0 saturated carbocycles. The Labute approximate surface area is 242 Å². The maximum atomic E-state index is 4.83. The quantitative estimate of drug-likeness (QED) is 0.192. The molecule has 4 heterocycles. The van der Waals surface area contributed by atoms with Crippen LogP contribution in [0.2, 0.25) is 0 Å². The number of hydrogen-bond donors (Lipinski definition) is 0. The third kappa shape index (κ3) is 14.2. The molecular formula is C33H39MoN5. The minimum atomic E-state index is -0.390. The third-order valence-electron chi connectivity index (χ3n) is 4.77. The van der Waals surface area contributed by atoms with Gasteiger partial charge in [0.2, 0.25) is 0 Å². The van der Waals surface area contributed by atoms with E-state index in [0.29, 0.717) is 5.41 Å². The first kappa shape index (κ1) is 31.7. The molecule has 39 heavy (non-hydrogen) atoms. The molecule has 0 atom stereocenters. The second-order valence-corrected chi connectivity index (χ2v) is 12.1. The second-order valence-electron chi connectivity index (χ2n) is 10.5. The van der Waals surface area contributed by atoms with Crippen LogP contribution in [-0.2, 0) is 23.3 Å². The van der Waals surface area contributed by atoms with Crippen molar-refractivity contribution >= 4 is 10.1 Å². The van der Waals surface area contributed by atoms with Crippen LogP contribution in [0.3, 0.4) is 0 Å². The number of hydrogen-bond acceptors (Lipinski definition) is 3. The summed E-state index contributed by atoms with van der Waals surface area (Å²) < 4.78 is 7.22. The van der Waals surface area contributed by atoms with Crippen molar-refractivity contribution in [1.29, 1.82) is 0 Å². The molecule has 0 saturated heterocycles. The summed E-state index contributed by atoms with van der Waals surface area (Å²) in [5.74, 6) is 0. The molecule has 0 aliphatic carbocycles. The number of nitrogens with zero attached hydrogens (tertiary/aromatic N) is 5. The van der Waals surface area contributed by atoms with Crippen LogP contribution in [0.25, 0.3) is 11.4 Å². The smallest absolute Gasteiger partial charge is 0.0886 e. The van der Waals surface area contributed by atoms with E-state index in [4.69, 9.17) is 3.50 Å². The van der Waals surface area contributed by atoms with Gasteiger partial charge in [0.1, 0.15) is 0 Å². The van der Waals surface area contributed by atoms with E-state index in [1.54, 1.807) is 37.2 Å². The van der Waals surface area contributed by atoms with Crippen molar-refractivity contribution in [3.8, 4) is 11.4 Å². The Morgan fingerprint density at radius 1 is 0.615 bits per heavy atom. The van der Waals surface area contributed by atoms with Crippen LogP contribution in [0.1, 0.15) is 47.1 Å². The number of benzene rings is 1. The molecule has 5 rings (SSSR count). The molecule has 0 amide bonds. The molecule has 0 unspecified atom stereocenters. The first-order valence-corrected chi connectivity index (χ1v) is 14.9. The SMILES string of the molecule is CC(C)(C)[CH]=[Mo+2]=[N]c1ccccc1C(C)(C)C.c1cc[n-]c1.c1cc[n-]c1.c1ccc(-c2ccccn2)nc1. The first-order valence-electron chi connectivity index (χ1n) is 12.8. The average Bonchev–Trinajstić information content (AvgIpc) is 3.69. The van der Waals surface area contributed by atoms with Gasteiger partial charge in [0.15, 0.2) is 0 Å². The summed E-state index contributed by atoms with van der Waals surface area (Å²) in [6.07, 6.45) is 10.5. The van der Waals surface area contributed by atoms with Crippen molar-refractivity contribution in [2.24, 2.45) is 8.91 Å². The Bertz CT molecular complexity index is 1230. The van der Waals surface area contributed by atoms with Crippen LogP contribution < -0.4 is 9.97 Å². The minimum Gasteiger partial charge on any atom is -0.670 e. The van der Waals surface area contributed by atoms with E-state index in [2.05, 4.69) is 90.1 Å². The molecule has 5 nitrogen and oxygen atoms in total. The fourth-order valence-electron chi connectivity index (χ4n) is 2.95. The van der Waals surface area contributed by atoms with Crippen molar-refractivity contribution in [1.82, 2.24) is 19.9 Å². The van der Waals surface area contributed by atoms with Crippen LogP contribution >= 0.6 is 0 Å². The third-order valence-corrected chi connectivity index (χ3v) is 7.51. The Balaban J connectivity index is 0.000000206. The van der Waals surface area contributed by atoms with Gasteiger partial charge in [-0.05, 0) is 24.3 Å². The van der Waals surface area contributed by atoms with Gasteiger partial charge >= 0.3 is 114 Å². The summed E-state index contributed by atoms with van der Waals surface area (Å²) >= 11 is -0.390. The average molecular weight is 602 g/mol. The van der Waals surface area contributed by atoms with E-state index in [1.165, 1.54) is 11.3 Å². The zero-order chi connectivity index (χ0) is 28.4. The Morgan fingerprint density at radius 2 is 1.08 bits per heavy atom. The molecule has 202 valence electrons. The summed E-state index contributed by atoms with van der Waals surface area (Å²) in [6, 6.07) is 27.7. The molecule has 0 fully saturated rings. The summed E-state index contributed by atoms with van der Waals surface area (Å²) in [6.45, 7) is 13.5. The second kappa shape index (κ2) is 17.1. The van der Waals surface area contributed by atoms with Gasteiger partial charge in [-0.3, -0.25) is 9.97 Å². The summed E-state index contributed by atoms with van der Waals surface area (Å²) in [7, 11) is 0. The maximum Gasteiger partial charge on any atom is 0.0886 e. The van der Waals surface area contributed by atoms with Gasteiger partial charge < -0.3 is 9.97 Å². The first-order chi connectivity index (χ1) is 18.7. The van der Waals surface area contributed by atoms with Crippen LogP contribution in [0.5, 0.6) is 0 Å². The molecule has 5 aromatic rings. The van der Waals surface area contributed by atoms with Crippen molar-refractivity contribution in [2.75, 3.05) is 0 Å². The Morgan fingerprint density at radius 3 is 1.44 bits per heavy atom. The molecule has 0 bridgehead atoms. The van der Waals surface area contributed by atoms with E-state index >= 15 is 0 Å². The van der Waals surface area contributed by atoms with E-state index in [0.717, 1.165) is 11.4 Å². The van der Waals surface area contributed by atoms with Gasteiger partial charge in [0, 0.05) is 12.4 Å². The van der Waals surface area contributed by atoms with Gasteiger partial charge in [-0.25, -0.2) is 0 Å². The summed E-state index contributed by atoms with van der Waals surface area (Å²) in [4.78, 5) is 15.8. The van der Waals surface area contributed by atoms with Gasteiger partial charge in [-0.15, -0.1) is 0 Å². The van der Waals surface area contributed by atoms with E-state index in [1.807, 2.05) is 60.7 Å². The van der Waals surface area contributed by atoms with Crippen molar-refractivity contribution in [3.05, 3.63) is 128 Å². The molecule has 0 aliphatic rings. The summed E-state index contributed by atoms with van der Waals surface area (Å²) in [5.41, 5.74) is 4.84. The molecule has 4 aromatic heterocycles. The van der Waals surface area contributed by atoms with Gasteiger partial charge in [0.05, 0.1) is 11.4 Å². The normalized spacial score (nSPS) is 10.2. The fraction of sp³-hybridized carbons (Fsp3) is 0.242. The predicted molar refractivity (Wildman–Crippen MR) is 160 cm³/mol. The molecule has 0 N–H and O–H groups in total. The van der Waals surface area contributed by atoms with Crippen LogP contribution in [-0.4, -0.2) is 14.4 Å². The minimum absolute atomic E-state index is 0.175. The molecule has 0 aliphatic heterocycles. The number of rotatable bonds is 2. The van der Waals surface area contributed by atoms with E-state index in [-0.39, 0.29) is 23.3 Å². The monoisotopic (exact) mass is 603 g/mol. The van der Waals surface area contributed by atoms with E-state index < -0.39 is 0 Å². The standard InChI is InChI=1S/C10H8N2.C10H13N.C5H10.2C4H4N.Mo/c1-3-7-11-9(5-1)10-6-2-4-8-12-10;1-10(2,3)8-6-4-5-7-9(8)11;1-5(2,3)4;2*1-2-4-5-3-1;/h1-8H;4-7H,1-3H3;1H,2-4H3;2*1-4H;/q;;;2*-1;+2. The van der Waals surface area contributed by atoms with Crippen molar-refractivity contribution in [3.63, 3.8) is 0 Å². The zero-order valence-electron chi connectivity index (χ0n) is 23.8. The molecular weight excluding hydrogens is 562 g/mol. The Kier molecular flexibility index (Phi) is 13.9. The molecule has 6 heteroatoms. The maximum absolute atomic E-state index is 4.83. The topological polar surface area (TPSA) is 66.3 Å². The number of pyridine rings is 2. The predicted octanol–water partition coefficient (Wildman–Crippen LogP) is 8.16. The number of aromatic nitrogens is 4. The van der Waals surface area contributed by atoms with Crippen molar-refractivity contribution in [2.45, 2.75) is 47.0 Å². The van der Waals surface area contributed by atoms with Crippen LogP contribution in [0.4, 0.5) is 5.69 Å². The largest absolute Gasteiger partial charge is 0.670 e. The van der Waals surface area contributed by atoms with Gasteiger partial charge in [-0.2, -0.15) is 24.8 Å². The molecule has 0 spiro atoms. The summed E-state index contributed by atoms with van der Waals surface area (Å²) in [5, 5.41) is 0. The van der Waals surface area contributed by atoms with Gasteiger partial charge in [0.25, 0.3) is 0 Å². The van der Waals surface area contributed by atoms with E-state index in [9.17, 15) is 0 Å². The van der Waals surface area contributed by atoms with Crippen molar-refractivity contribution < 1.29 is 17.9 Å².